The summed E-state index contributed by atoms with van der Waals surface area (Å²) in [6.07, 6.45) is 3.84. The van der Waals surface area contributed by atoms with Crippen molar-refractivity contribution in [1.82, 2.24) is 39.0 Å². The molecule has 1 aliphatic heterocycles. The maximum atomic E-state index is 15.3. The zero-order chi connectivity index (χ0) is 39.3. The molecule has 7 aromatic rings. The Morgan fingerprint density at radius 1 is 0.930 bits per heavy atom. The standard InChI is InChI=1S/C40H40F2N10O4S/c1-3-20-55-26-51-32-14-13-31(41)34(42)35(32)45-33(51)24-50(23-27-9-11-29(54-2)12-10-27)39-47-38(46-36-30(22-44-52(36)39)37-43-15-21-57-37)48-16-18-49(19-17-48)40(53)56-25-28-7-5-4-6-8-28/h4-15,21-22H,3,16-20,23-26H2,1-2H3. The first kappa shape index (κ1) is 37.7. The maximum absolute atomic E-state index is 15.3. The van der Waals surface area contributed by atoms with Crippen molar-refractivity contribution in [2.75, 3.05) is 49.7 Å². The van der Waals surface area contributed by atoms with Gasteiger partial charge in [0.2, 0.25) is 11.9 Å². The molecule has 14 nitrogen and oxygen atoms in total. The number of anilines is 2. The molecule has 0 aliphatic carbocycles. The quantitative estimate of drug-likeness (QED) is 0.106. The highest BCUT2D eigenvalue weighted by Crippen LogP contribution is 2.31. The Kier molecular flexibility index (Phi) is 11.2. The molecule has 0 bridgehead atoms. The van der Waals surface area contributed by atoms with Crippen LogP contribution in [0.2, 0.25) is 0 Å². The minimum Gasteiger partial charge on any atom is -0.497 e. The van der Waals surface area contributed by atoms with Gasteiger partial charge in [0.1, 0.15) is 35.4 Å². The van der Waals surface area contributed by atoms with Crippen molar-refractivity contribution >= 4 is 46.0 Å². The van der Waals surface area contributed by atoms with Crippen LogP contribution in [-0.4, -0.2) is 85.0 Å². The number of hydrogen-bond acceptors (Lipinski definition) is 12. The van der Waals surface area contributed by atoms with Crippen LogP contribution in [0.15, 0.2) is 84.5 Å². The summed E-state index contributed by atoms with van der Waals surface area (Å²) >= 11 is 1.47. The van der Waals surface area contributed by atoms with Crippen LogP contribution in [0.4, 0.5) is 25.5 Å². The summed E-state index contributed by atoms with van der Waals surface area (Å²) in [6, 6.07) is 19.8. The number of carbonyl (C=O) groups excluding carboxylic acids is 1. The highest BCUT2D eigenvalue weighted by atomic mass is 32.1. The van der Waals surface area contributed by atoms with E-state index in [9.17, 15) is 9.18 Å². The molecule has 1 aliphatic rings. The molecule has 1 amide bonds. The number of ether oxygens (including phenoxy) is 3. The van der Waals surface area contributed by atoms with Crippen LogP contribution in [0.25, 0.3) is 27.3 Å². The van der Waals surface area contributed by atoms with Gasteiger partial charge in [0.15, 0.2) is 17.3 Å². The van der Waals surface area contributed by atoms with Crippen molar-refractivity contribution in [3.8, 4) is 16.3 Å². The number of halogens is 2. The lowest BCUT2D eigenvalue weighted by Crippen LogP contribution is -2.49. The van der Waals surface area contributed by atoms with Gasteiger partial charge in [0, 0.05) is 50.9 Å². The molecule has 1 fully saturated rings. The fourth-order valence-corrected chi connectivity index (χ4v) is 7.32. The minimum absolute atomic E-state index is 0.0829. The first-order chi connectivity index (χ1) is 27.9. The lowest BCUT2D eigenvalue weighted by Gasteiger charge is -2.34. The van der Waals surface area contributed by atoms with Crippen LogP contribution in [0.1, 0.15) is 30.3 Å². The predicted octanol–water partition coefficient (Wildman–Crippen LogP) is 6.93. The van der Waals surface area contributed by atoms with Gasteiger partial charge in [-0.25, -0.2) is 23.5 Å². The molecule has 0 radical (unpaired) electrons. The van der Waals surface area contributed by atoms with Crippen LogP contribution in [0.5, 0.6) is 5.75 Å². The highest BCUT2D eigenvalue weighted by molar-refractivity contribution is 7.13. The zero-order valence-electron chi connectivity index (χ0n) is 31.4. The van der Waals surface area contributed by atoms with Crippen molar-refractivity contribution in [1.29, 1.82) is 0 Å². The number of fused-ring (bicyclic) bond motifs is 2. The number of hydrogen-bond donors (Lipinski definition) is 0. The molecule has 8 rings (SSSR count). The Morgan fingerprint density at radius 2 is 1.74 bits per heavy atom. The van der Waals surface area contributed by atoms with Gasteiger partial charge in [-0.1, -0.05) is 49.4 Å². The summed E-state index contributed by atoms with van der Waals surface area (Å²) in [5.41, 5.74) is 3.40. The molecule has 294 valence electrons. The third-order valence-electron chi connectivity index (χ3n) is 9.64. The minimum atomic E-state index is -1.03. The Morgan fingerprint density at radius 3 is 2.47 bits per heavy atom. The van der Waals surface area contributed by atoms with Gasteiger partial charge in [0.05, 0.1) is 30.9 Å². The van der Waals surface area contributed by atoms with E-state index >= 15 is 4.39 Å². The topological polar surface area (TPSA) is 128 Å². The summed E-state index contributed by atoms with van der Waals surface area (Å²) in [5.74, 6) is -0.0188. The van der Waals surface area contributed by atoms with E-state index in [2.05, 4.69) is 9.97 Å². The van der Waals surface area contributed by atoms with Gasteiger partial charge in [-0.3, -0.25) is 0 Å². The number of methoxy groups -OCH3 is 1. The first-order valence-corrected chi connectivity index (χ1v) is 19.4. The number of nitrogens with zero attached hydrogens (tertiary/aromatic N) is 10. The predicted molar refractivity (Wildman–Crippen MR) is 211 cm³/mol. The SMILES string of the molecule is CCCOCn1c(CN(Cc2ccc(OC)cc2)c2nc(N3CCN(C(=O)OCc4ccccc4)CC3)nc3c(-c4nccs4)cnn23)nc2c(F)c(F)ccc21. The molecule has 4 aromatic heterocycles. The summed E-state index contributed by atoms with van der Waals surface area (Å²) in [6.45, 7) is 4.86. The van der Waals surface area contributed by atoms with Gasteiger partial charge in [0.25, 0.3) is 0 Å². The number of imidazole rings is 1. The molecule has 0 N–H and O–H groups in total. The monoisotopic (exact) mass is 794 g/mol. The molecule has 0 spiro atoms. The molecular formula is C40H40F2N10O4S. The number of aromatic nitrogens is 7. The Labute approximate surface area is 330 Å². The Hall–Kier alpha value is -6.20. The number of benzene rings is 3. The second kappa shape index (κ2) is 16.9. The van der Waals surface area contributed by atoms with E-state index < -0.39 is 11.6 Å². The zero-order valence-corrected chi connectivity index (χ0v) is 32.2. The van der Waals surface area contributed by atoms with E-state index in [1.165, 1.54) is 17.4 Å². The normalized spacial score (nSPS) is 13.1. The summed E-state index contributed by atoms with van der Waals surface area (Å²) < 4.78 is 50.2. The molecule has 0 unspecified atom stereocenters. The van der Waals surface area contributed by atoms with E-state index in [1.54, 1.807) is 33.5 Å². The molecule has 0 saturated carbocycles. The van der Waals surface area contributed by atoms with Crippen LogP contribution in [0, 0.1) is 11.6 Å². The van der Waals surface area contributed by atoms with Gasteiger partial charge in [-0.05, 0) is 41.8 Å². The van der Waals surface area contributed by atoms with Crippen molar-refractivity contribution in [2.45, 2.75) is 39.8 Å². The molecule has 5 heterocycles. The van der Waals surface area contributed by atoms with Crippen LogP contribution in [0.3, 0.4) is 0 Å². The number of carbonyl (C=O) groups is 1. The molecule has 0 atom stereocenters. The Bertz CT molecular complexity index is 2450. The van der Waals surface area contributed by atoms with Gasteiger partial charge in [-0.2, -0.15) is 19.6 Å². The van der Waals surface area contributed by atoms with E-state index in [-0.39, 0.29) is 31.5 Å². The lowest BCUT2D eigenvalue weighted by atomic mass is 10.2. The third kappa shape index (κ3) is 8.06. The van der Waals surface area contributed by atoms with E-state index in [1.807, 2.05) is 76.7 Å². The van der Waals surface area contributed by atoms with Crippen LogP contribution < -0.4 is 14.5 Å². The Balaban J connectivity index is 1.18. The van der Waals surface area contributed by atoms with Gasteiger partial charge < -0.3 is 33.5 Å². The lowest BCUT2D eigenvalue weighted by molar-refractivity contribution is 0.0781. The van der Waals surface area contributed by atoms with Gasteiger partial charge in [-0.15, -0.1) is 11.3 Å². The fourth-order valence-electron chi connectivity index (χ4n) is 6.67. The second-order valence-electron chi connectivity index (χ2n) is 13.4. The van der Waals surface area contributed by atoms with E-state index in [0.717, 1.165) is 34.2 Å². The largest absolute Gasteiger partial charge is 0.497 e. The molecule has 3 aromatic carbocycles. The maximum Gasteiger partial charge on any atom is 0.410 e. The number of piperazine rings is 1. The highest BCUT2D eigenvalue weighted by Gasteiger charge is 2.28. The first-order valence-electron chi connectivity index (χ1n) is 18.5. The number of thiazole rings is 1. The summed E-state index contributed by atoms with van der Waals surface area (Å²) in [4.78, 5) is 38.1. The summed E-state index contributed by atoms with van der Waals surface area (Å²) in [7, 11) is 1.61. The van der Waals surface area contributed by atoms with Crippen molar-refractivity contribution in [3.05, 3.63) is 113 Å². The molecule has 17 heteroatoms. The number of amides is 1. The number of rotatable bonds is 14. The average Bonchev–Trinajstić information content (AvgIpc) is 4.01. The summed E-state index contributed by atoms with van der Waals surface area (Å²) in [5, 5.41) is 7.40. The average molecular weight is 795 g/mol. The van der Waals surface area contributed by atoms with Crippen molar-refractivity contribution in [2.24, 2.45) is 0 Å². The molecule has 1 saturated heterocycles. The van der Waals surface area contributed by atoms with Crippen LogP contribution in [-0.2, 0) is 35.9 Å². The van der Waals surface area contributed by atoms with E-state index in [0.29, 0.717) is 74.0 Å². The van der Waals surface area contributed by atoms with Crippen molar-refractivity contribution in [3.63, 3.8) is 0 Å². The van der Waals surface area contributed by atoms with Crippen molar-refractivity contribution < 1.29 is 27.8 Å². The smallest absolute Gasteiger partial charge is 0.410 e. The molecular weight excluding hydrogens is 755 g/mol. The fraction of sp³-hybridized carbons (Fsp3) is 0.300. The van der Waals surface area contributed by atoms with Crippen LogP contribution >= 0.6 is 11.3 Å². The molecule has 57 heavy (non-hydrogen) atoms. The van der Waals surface area contributed by atoms with Gasteiger partial charge >= 0.3 is 6.09 Å². The van der Waals surface area contributed by atoms with E-state index in [4.69, 9.17) is 29.3 Å². The third-order valence-corrected chi connectivity index (χ3v) is 10.4. The second-order valence-corrected chi connectivity index (χ2v) is 14.3.